The van der Waals surface area contributed by atoms with Gasteiger partial charge in [0.25, 0.3) is 0 Å². The molecule has 0 spiro atoms. The third-order valence-electron chi connectivity index (χ3n) is 2.56. The minimum atomic E-state index is 0.848. The second kappa shape index (κ2) is 6.86. The summed E-state index contributed by atoms with van der Waals surface area (Å²) >= 11 is 5.36. The SMILES string of the molecule is CCSc1ccccc1NCc1cccc(Br)c1. The van der Waals surface area contributed by atoms with Crippen LogP contribution in [0, 0.1) is 0 Å². The molecule has 0 bridgehead atoms. The maximum absolute atomic E-state index is 3.50. The minimum Gasteiger partial charge on any atom is -0.380 e. The van der Waals surface area contributed by atoms with E-state index in [-0.39, 0.29) is 0 Å². The average Bonchev–Trinajstić information content (AvgIpc) is 2.38. The number of rotatable bonds is 5. The van der Waals surface area contributed by atoms with Crippen LogP contribution in [0.15, 0.2) is 57.9 Å². The highest BCUT2D eigenvalue weighted by molar-refractivity contribution is 9.10. The molecule has 1 N–H and O–H groups in total. The topological polar surface area (TPSA) is 12.0 Å². The number of hydrogen-bond donors (Lipinski definition) is 1. The number of nitrogens with one attached hydrogen (secondary N) is 1. The fourth-order valence-corrected chi connectivity index (χ4v) is 2.97. The fraction of sp³-hybridized carbons (Fsp3) is 0.200. The van der Waals surface area contributed by atoms with E-state index in [1.54, 1.807) is 0 Å². The molecule has 2 aromatic rings. The van der Waals surface area contributed by atoms with Crippen LogP contribution in [0.2, 0.25) is 0 Å². The van der Waals surface area contributed by atoms with Crippen molar-refractivity contribution in [3.05, 3.63) is 58.6 Å². The number of para-hydroxylation sites is 1. The summed E-state index contributed by atoms with van der Waals surface area (Å²) in [5, 5.41) is 3.50. The van der Waals surface area contributed by atoms with E-state index < -0.39 is 0 Å². The Kier molecular flexibility index (Phi) is 5.14. The first-order valence-electron chi connectivity index (χ1n) is 5.99. The standard InChI is InChI=1S/C15H16BrNS/c1-2-18-15-9-4-3-8-14(15)17-11-12-6-5-7-13(16)10-12/h3-10,17H,2,11H2,1H3. The van der Waals surface area contributed by atoms with Crippen molar-refractivity contribution in [1.82, 2.24) is 0 Å². The molecule has 2 rings (SSSR count). The van der Waals surface area contributed by atoms with Crippen LogP contribution >= 0.6 is 27.7 Å². The van der Waals surface area contributed by atoms with Gasteiger partial charge in [-0.3, -0.25) is 0 Å². The molecule has 0 aliphatic rings. The minimum absolute atomic E-state index is 0.848. The van der Waals surface area contributed by atoms with Gasteiger partial charge in [-0.2, -0.15) is 0 Å². The van der Waals surface area contributed by atoms with Crippen molar-refractivity contribution in [2.24, 2.45) is 0 Å². The van der Waals surface area contributed by atoms with Gasteiger partial charge in [-0.25, -0.2) is 0 Å². The highest BCUT2D eigenvalue weighted by Crippen LogP contribution is 2.27. The summed E-state index contributed by atoms with van der Waals surface area (Å²) in [6.07, 6.45) is 0. The van der Waals surface area contributed by atoms with Gasteiger partial charge in [0.2, 0.25) is 0 Å². The first kappa shape index (κ1) is 13.5. The van der Waals surface area contributed by atoms with Crippen molar-refractivity contribution >= 4 is 33.4 Å². The van der Waals surface area contributed by atoms with Crippen LogP contribution < -0.4 is 5.32 Å². The maximum Gasteiger partial charge on any atom is 0.0481 e. The predicted molar refractivity (Wildman–Crippen MR) is 84.3 cm³/mol. The second-order valence-electron chi connectivity index (χ2n) is 3.91. The van der Waals surface area contributed by atoms with Crippen LogP contribution in [-0.2, 0) is 6.54 Å². The van der Waals surface area contributed by atoms with E-state index in [2.05, 4.69) is 70.6 Å². The Morgan fingerprint density at radius 3 is 2.72 bits per heavy atom. The van der Waals surface area contributed by atoms with Gasteiger partial charge in [0.15, 0.2) is 0 Å². The summed E-state index contributed by atoms with van der Waals surface area (Å²) in [6, 6.07) is 16.8. The summed E-state index contributed by atoms with van der Waals surface area (Å²) in [6.45, 7) is 3.02. The third-order valence-corrected chi connectivity index (χ3v) is 4.01. The summed E-state index contributed by atoms with van der Waals surface area (Å²) in [5.74, 6) is 1.09. The summed E-state index contributed by atoms with van der Waals surface area (Å²) in [5.41, 5.74) is 2.49. The molecule has 0 fully saturated rings. The molecule has 2 aromatic carbocycles. The fourth-order valence-electron chi connectivity index (χ4n) is 1.74. The van der Waals surface area contributed by atoms with Crippen LogP contribution in [0.25, 0.3) is 0 Å². The molecular weight excluding hydrogens is 306 g/mol. The van der Waals surface area contributed by atoms with Crippen molar-refractivity contribution in [1.29, 1.82) is 0 Å². The molecule has 0 saturated heterocycles. The molecule has 94 valence electrons. The van der Waals surface area contributed by atoms with Gasteiger partial charge in [-0.1, -0.05) is 47.1 Å². The Labute approximate surface area is 121 Å². The average molecular weight is 322 g/mol. The summed E-state index contributed by atoms with van der Waals surface area (Å²) in [7, 11) is 0. The first-order valence-corrected chi connectivity index (χ1v) is 7.77. The van der Waals surface area contributed by atoms with Crippen molar-refractivity contribution in [3.8, 4) is 0 Å². The predicted octanol–water partition coefficient (Wildman–Crippen LogP) is 5.17. The molecule has 0 saturated carbocycles. The van der Waals surface area contributed by atoms with E-state index in [0.717, 1.165) is 16.8 Å². The monoisotopic (exact) mass is 321 g/mol. The lowest BCUT2D eigenvalue weighted by Crippen LogP contribution is -2.00. The van der Waals surface area contributed by atoms with Crippen LogP contribution in [0.4, 0.5) is 5.69 Å². The normalized spacial score (nSPS) is 10.3. The molecule has 0 radical (unpaired) electrons. The van der Waals surface area contributed by atoms with Gasteiger partial charge < -0.3 is 5.32 Å². The molecule has 0 aliphatic carbocycles. The molecule has 0 atom stereocenters. The molecule has 18 heavy (non-hydrogen) atoms. The summed E-state index contributed by atoms with van der Waals surface area (Å²) in [4.78, 5) is 1.31. The number of benzene rings is 2. The molecule has 1 nitrogen and oxygen atoms in total. The van der Waals surface area contributed by atoms with Crippen molar-refractivity contribution in [2.75, 3.05) is 11.1 Å². The van der Waals surface area contributed by atoms with Gasteiger partial charge in [0.05, 0.1) is 0 Å². The lowest BCUT2D eigenvalue weighted by atomic mass is 10.2. The molecule has 0 amide bonds. The first-order chi connectivity index (χ1) is 8.79. The van der Waals surface area contributed by atoms with E-state index in [1.165, 1.54) is 16.1 Å². The molecular formula is C15H16BrNS. The quantitative estimate of drug-likeness (QED) is 0.762. The Balaban J connectivity index is 2.06. The molecule has 0 heterocycles. The Bertz CT molecular complexity index is 513. The van der Waals surface area contributed by atoms with Crippen LogP contribution in [0.3, 0.4) is 0 Å². The van der Waals surface area contributed by atoms with E-state index in [9.17, 15) is 0 Å². The van der Waals surface area contributed by atoms with E-state index >= 15 is 0 Å². The van der Waals surface area contributed by atoms with E-state index in [1.807, 2.05) is 17.8 Å². The zero-order chi connectivity index (χ0) is 12.8. The molecule has 0 aromatic heterocycles. The van der Waals surface area contributed by atoms with Crippen molar-refractivity contribution < 1.29 is 0 Å². The Morgan fingerprint density at radius 1 is 1.11 bits per heavy atom. The number of halogens is 1. The summed E-state index contributed by atoms with van der Waals surface area (Å²) < 4.78 is 1.12. The second-order valence-corrected chi connectivity index (χ2v) is 6.13. The van der Waals surface area contributed by atoms with Crippen LogP contribution in [0.1, 0.15) is 12.5 Å². The maximum atomic E-state index is 3.50. The lowest BCUT2D eigenvalue weighted by Gasteiger charge is -2.11. The molecule has 3 heteroatoms. The molecule has 0 aliphatic heterocycles. The van der Waals surface area contributed by atoms with Gasteiger partial charge in [0, 0.05) is 21.6 Å². The largest absolute Gasteiger partial charge is 0.380 e. The van der Waals surface area contributed by atoms with Crippen LogP contribution in [0.5, 0.6) is 0 Å². The Morgan fingerprint density at radius 2 is 1.94 bits per heavy atom. The molecule has 0 unspecified atom stereocenters. The third kappa shape index (κ3) is 3.79. The van der Waals surface area contributed by atoms with Crippen LogP contribution in [-0.4, -0.2) is 5.75 Å². The number of anilines is 1. The zero-order valence-corrected chi connectivity index (χ0v) is 12.7. The van der Waals surface area contributed by atoms with Gasteiger partial charge in [0.1, 0.15) is 0 Å². The number of thioether (sulfide) groups is 1. The smallest absolute Gasteiger partial charge is 0.0481 e. The van der Waals surface area contributed by atoms with E-state index in [4.69, 9.17) is 0 Å². The number of hydrogen-bond acceptors (Lipinski definition) is 2. The van der Waals surface area contributed by atoms with Gasteiger partial charge >= 0.3 is 0 Å². The zero-order valence-electron chi connectivity index (χ0n) is 10.3. The lowest BCUT2D eigenvalue weighted by molar-refractivity contribution is 1.13. The van der Waals surface area contributed by atoms with Gasteiger partial charge in [-0.05, 0) is 35.6 Å². The van der Waals surface area contributed by atoms with Gasteiger partial charge in [-0.15, -0.1) is 11.8 Å². The van der Waals surface area contributed by atoms with Crippen molar-refractivity contribution in [2.45, 2.75) is 18.4 Å². The highest BCUT2D eigenvalue weighted by atomic mass is 79.9. The highest BCUT2D eigenvalue weighted by Gasteiger charge is 2.01. The Hall–Kier alpha value is -0.930. The van der Waals surface area contributed by atoms with E-state index in [0.29, 0.717) is 0 Å². The van der Waals surface area contributed by atoms with Crippen molar-refractivity contribution in [3.63, 3.8) is 0 Å².